The standard InChI is InChI=1S/C12H20N2/c1-9-5-3-6-11(10(9)2)12(14)7-4-8-13/h3,5-6,12H,4,7-8,13-14H2,1-2H3/t12-/m1/s1. The van der Waals surface area contributed by atoms with Gasteiger partial charge in [-0.3, -0.25) is 0 Å². The van der Waals surface area contributed by atoms with Gasteiger partial charge in [-0.15, -0.1) is 0 Å². The molecular formula is C12H20N2. The van der Waals surface area contributed by atoms with E-state index in [0.29, 0.717) is 0 Å². The molecule has 0 bridgehead atoms. The van der Waals surface area contributed by atoms with E-state index in [1.807, 2.05) is 0 Å². The molecule has 0 saturated carbocycles. The maximum Gasteiger partial charge on any atom is 0.0298 e. The smallest absolute Gasteiger partial charge is 0.0298 e. The third-order valence-electron chi connectivity index (χ3n) is 2.77. The average Bonchev–Trinajstić information content (AvgIpc) is 2.18. The van der Waals surface area contributed by atoms with Crippen LogP contribution in [-0.2, 0) is 0 Å². The molecule has 2 nitrogen and oxygen atoms in total. The first-order valence-corrected chi connectivity index (χ1v) is 5.18. The van der Waals surface area contributed by atoms with Crippen molar-refractivity contribution >= 4 is 0 Å². The minimum atomic E-state index is 0.137. The van der Waals surface area contributed by atoms with Gasteiger partial charge in [-0.25, -0.2) is 0 Å². The molecule has 0 fully saturated rings. The van der Waals surface area contributed by atoms with Gasteiger partial charge in [-0.1, -0.05) is 18.2 Å². The van der Waals surface area contributed by atoms with E-state index in [0.717, 1.165) is 19.4 Å². The molecule has 1 rings (SSSR count). The van der Waals surface area contributed by atoms with Gasteiger partial charge in [-0.05, 0) is 49.9 Å². The summed E-state index contributed by atoms with van der Waals surface area (Å²) in [6.07, 6.45) is 1.97. The number of aryl methyl sites for hydroxylation is 1. The fraction of sp³-hybridized carbons (Fsp3) is 0.500. The van der Waals surface area contributed by atoms with Gasteiger partial charge in [0.05, 0.1) is 0 Å². The van der Waals surface area contributed by atoms with E-state index in [9.17, 15) is 0 Å². The average molecular weight is 192 g/mol. The van der Waals surface area contributed by atoms with Crippen molar-refractivity contribution in [3.63, 3.8) is 0 Å². The van der Waals surface area contributed by atoms with Crippen LogP contribution in [0.15, 0.2) is 18.2 Å². The Morgan fingerprint density at radius 3 is 2.64 bits per heavy atom. The molecule has 0 aliphatic rings. The fourth-order valence-electron chi connectivity index (χ4n) is 1.67. The summed E-state index contributed by atoms with van der Waals surface area (Å²) in [6.45, 7) is 4.97. The zero-order valence-corrected chi connectivity index (χ0v) is 9.09. The molecule has 0 spiro atoms. The summed E-state index contributed by atoms with van der Waals surface area (Å²) in [4.78, 5) is 0. The van der Waals surface area contributed by atoms with Crippen molar-refractivity contribution in [1.82, 2.24) is 0 Å². The maximum atomic E-state index is 6.10. The lowest BCUT2D eigenvalue weighted by atomic mass is 9.95. The molecule has 78 valence electrons. The molecule has 4 N–H and O–H groups in total. The van der Waals surface area contributed by atoms with Crippen LogP contribution >= 0.6 is 0 Å². The molecule has 2 heteroatoms. The molecule has 0 saturated heterocycles. The molecule has 0 aliphatic carbocycles. The van der Waals surface area contributed by atoms with E-state index in [1.54, 1.807) is 0 Å². The number of rotatable bonds is 4. The van der Waals surface area contributed by atoms with E-state index < -0.39 is 0 Å². The summed E-state index contributed by atoms with van der Waals surface area (Å²) < 4.78 is 0. The van der Waals surface area contributed by atoms with Gasteiger partial charge in [0.15, 0.2) is 0 Å². The first-order valence-electron chi connectivity index (χ1n) is 5.18. The van der Waals surface area contributed by atoms with Crippen LogP contribution in [0.2, 0.25) is 0 Å². The van der Waals surface area contributed by atoms with Crippen molar-refractivity contribution < 1.29 is 0 Å². The highest BCUT2D eigenvalue weighted by molar-refractivity contribution is 5.35. The first kappa shape index (κ1) is 11.2. The highest BCUT2D eigenvalue weighted by atomic mass is 14.6. The van der Waals surface area contributed by atoms with Crippen LogP contribution in [0.5, 0.6) is 0 Å². The lowest BCUT2D eigenvalue weighted by Crippen LogP contribution is -2.14. The molecular weight excluding hydrogens is 172 g/mol. The van der Waals surface area contributed by atoms with Crippen LogP contribution in [0.4, 0.5) is 0 Å². The van der Waals surface area contributed by atoms with Crippen LogP contribution in [0.25, 0.3) is 0 Å². The van der Waals surface area contributed by atoms with Crippen molar-refractivity contribution in [3.8, 4) is 0 Å². The van der Waals surface area contributed by atoms with E-state index in [2.05, 4.69) is 32.0 Å². The monoisotopic (exact) mass is 192 g/mol. The Balaban J connectivity index is 2.79. The van der Waals surface area contributed by atoms with E-state index in [4.69, 9.17) is 11.5 Å². The molecule has 0 radical (unpaired) electrons. The molecule has 1 aromatic carbocycles. The SMILES string of the molecule is Cc1cccc([C@H](N)CCCN)c1C. The second-order valence-corrected chi connectivity index (χ2v) is 3.83. The molecule has 0 unspecified atom stereocenters. The normalized spacial score (nSPS) is 12.9. The predicted octanol–water partition coefficient (Wildman–Crippen LogP) is 2.04. The molecule has 0 aliphatic heterocycles. The number of hydrogen-bond acceptors (Lipinski definition) is 2. The highest BCUT2D eigenvalue weighted by Crippen LogP contribution is 2.21. The Morgan fingerprint density at radius 2 is 2.00 bits per heavy atom. The second kappa shape index (κ2) is 5.13. The van der Waals surface area contributed by atoms with Crippen LogP contribution in [0.1, 0.15) is 35.6 Å². The quantitative estimate of drug-likeness (QED) is 0.767. The van der Waals surface area contributed by atoms with Gasteiger partial charge in [-0.2, -0.15) is 0 Å². The van der Waals surface area contributed by atoms with Gasteiger partial charge in [0.2, 0.25) is 0 Å². The van der Waals surface area contributed by atoms with Crippen LogP contribution < -0.4 is 11.5 Å². The second-order valence-electron chi connectivity index (χ2n) is 3.83. The van der Waals surface area contributed by atoms with Crippen molar-refractivity contribution in [3.05, 3.63) is 34.9 Å². The molecule has 1 atom stereocenters. The molecule has 0 aromatic heterocycles. The third-order valence-corrected chi connectivity index (χ3v) is 2.77. The Labute approximate surface area is 86.3 Å². The van der Waals surface area contributed by atoms with Crippen LogP contribution in [0.3, 0.4) is 0 Å². The van der Waals surface area contributed by atoms with Crippen molar-refractivity contribution in [1.29, 1.82) is 0 Å². The largest absolute Gasteiger partial charge is 0.330 e. The summed E-state index contributed by atoms with van der Waals surface area (Å²) in [7, 11) is 0. The van der Waals surface area contributed by atoms with Crippen LogP contribution in [-0.4, -0.2) is 6.54 Å². The molecule has 14 heavy (non-hydrogen) atoms. The lowest BCUT2D eigenvalue weighted by molar-refractivity contribution is 0.615. The summed E-state index contributed by atoms with van der Waals surface area (Å²) >= 11 is 0. The molecule has 0 heterocycles. The number of benzene rings is 1. The Bertz CT molecular complexity index is 294. The van der Waals surface area contributed by atoms with Gasteiger partial charge in [0.1, 0.15) is 0 Å². The minimum Gasteiger partial charge on any atom is -0.330 e. The zero-order valence-electron chi connectivity index (χ0n) is 9.09. The topological polar surface area (TPSA) is 52.0 Å². The highest BCUT2D eigenvalue weighted by Gasteiger charge is 2.08. The predicted molar refractivity (Wildman–Crippen MR) is 61.1 cm³/mol. The van der Waals surface area contributed by atoms with E-state index >= 15 is 0 Å². The minimum absolute atomic E-state index is 0.137. The van der Waals surface area contributed by atoms with Crippen molar-refractivity contribution in [2.24, 2.45) is 11.5 Å². The number of nitrogens with two attached hydrogens (primary N) is 2. The third kappa shape index (κ3) is 2.56. The first-order chi connectivity index (χ1) is 6.66. The van der Waals surface area contributed by atoms with Gasteiger partial charge in [0, 0.05) is 6.04 Å². The lowest BCUT2D eigenvalue weighted by Gasteiger charge is -2.15. The van der Waals surface area contributed by atoms with Crippen LogP contribution in [0, 0.1) is 13.8 Å². The molecule has 0 amide bonds. The summed E-state index contributed by atoms with van der Waals surface area (Å²) in [5.41, 5.74) is 15.5. The summed E-state index contributed by atoms with van der Waals surface area (Å²) in [5, 5.41) is 0. The van der Waals surface area contributed by atoms with Gasteiger partial charge in [0.25, 0.3) is 0 Å². The van der Waals surface area contributed by atoms with Gasteiger partial charge >= 0.3 is 0 Å². The maximum absolute atomic E-state index is 6.10. The van der Waals surface area contributed by atoms with E-state index in [-0.39, 0.29) is 6.04 Å². The summed E-state index contributed by atoms with van der Waals surface area (Å²) in [6, 6.07) is 6.44. The summed E-state index contributed by atoms with van der Waals surface area (Å²) in [5.74, 6) is 0. The zero-order chi connectivity index (χ0) is 10.6. The fourth-order valence-corrected chi connectivity index (χ4v) is 1.67. The van der Waals surface area contributed by atoms with Crippen molar-refractivity contribution in [2.45, 2.75) is 32.7 Å². The van der Waals surface area contributed by atoms with Gasteiger partial charge < -0.3 is 11.5 Å². The Kier molecular flexibility index (Phi) is 4.11. The van der Waals surface area contributed by atoms with E-state index in [1.165, 1.54) is 16.7 Å². The number of hydrogen-bond donors (Lipinski definition) is 2. The Morgan fingerprint density at radius 1 is 1.29 bits per heavy atom. The molecule has 1 aromatic rings. The Hall–Kier alpha value is -0.860. The van der Waals surface area contributed by atoms with Crippen molar-refractivity contribution in [2.75, 3.05) is 6.54 Å².